The van der Waals surface area contributed by atoms with E-state index in [1.807, 2.05) is 53.9 Å². The lowest BCUT2D eigenvalue weighted by Crippen LogP contribution is -2.54. The molecule has 0 saturated carbocycles. The maximum atomic E-state index is 13.3. The van der Waals surface area contributed by atoms with Crippen LogP contribution in [0, 0.1) is 0 Å². The summed E-state index contributed by atoms with van der Waals surface area (Å²) in [5, 5.41) is 19.3. The molecule has 0 aliphatic carbocycles. The fourth-order valence-corrected chi connectivity index (χ4v) is 5.86. The molecule has 2 atom stereocenters. The van der Waals surface area contributed by atoms with Gasteiger partial charge in [0, 0.05) is 46.6 Å². The van der Waals surface area contributed by atoms with E-state index in [0.717, 1.165) is 33.4 Å². The zero-order valence-corrected chi connectivity index (χ0v) is 21.6. The van der Waals surface area contributed by atoms with Gasteiger partial charge in [-0.3, -0.25) is 25.2 Å². The van der Waals surface area contributed by atoms with Crippen molar-refractivity contribution in [2.45, 2.75) is 44.6 Å². The van der Waals surface area contributed by atoms with Gasteiger partial charge in [-0.1, -0.05) is 18.2 Å². The van der Waals surface area contributed by atoms with Gasteiger partial charge >= 0.3 is 0 Å². The van der Waals surface area contributed by atoms with Crippen LogP contribution in [0.3, 0.4) is 0 Å². The average molecular weight is 513 g/mol. The maximum absolute atomic E-state index is 13.3. The second-order valence-electron chi connectivity index (χ2n) is 10.1. The van der Waals surface area contributed by atoms with Gasteiger partial charge in [0.2, 0.25) is 0 Å². The predicted molar refractivity (Wildman–Crippen MR) is 148 cm³/mol. The number of fused-ring (bicyclic) bond motifs is 3. The molecule has 2 aliphatic heterocycles. The molecule has 188 valence electrons. The van der Waals surface area contributed by atoms with E-state index in [1.165, 1.54) is 11.3 Å². The molecule has 1 unspecified atom stereocenters. The quantitative estimate of drug-likeness (QED) is 0.267. The lowest BCUT2D eigenvalue weighted by molar-refractivity contribution is -0.122. The number of hydrogen-bond acceptors (Lipinski definition) is 7. The number of anilines is 3. The molecule has 1 spiro atoms. The summed E-state index contributed by atoms with van der Waals surface area (Å²) in [6.45, 7) is 6.76. The Morgan fingerprint density at radius 1 is 1.14 bits per heavy atom. The van der Waals surface area contributed by atoms with Crippen molar-refractivity contribution in [1.29, 1.82) is 0 Å². The van der Waals surface area contributed by atoms with E-state index >= 15 is 0 Å². The van der Waals surface area contributed by atoms with Gasteiger partial charge in [0.15, 0.2) is 5.66 Å². The van der Waals surface area contributed by atoms with Crippen molar-refractivity contribution in [2.24, 2.45) is 0 Å². The van der Waals surface area contributed by atoms with Gasteiger partial charge in [0.05, 0.1) is 11.2 Å². The highest BCUT2D eigenvalue weighted by Gasteiger charge is 2.56. The Labute approximate surface area is 218 Å². The van der Waals surface area contributed by atoms with Crippen molar-refractivity contribution >= 4 is 51.1 Å². The highest BCUT2D eigenvalue weighted by Crippen LogP contribution is 2.41. The maximum Gasteiger partial charge on any atom is 0.267 e. The number of carbonyl (C=O) groups excluding carboxylic acids is 2. The summed E-state index contributed by atoms with van der Waals surface area (Å²) >= 11 is 1.38. The van der Waals surface area contributed by atoms with Crippen LogP contribution in [-0.4, -0.2) is 28.4 Å². The van der Waals surface area contributed by atoms with Crippen molar-refractivity contribution in [3.63, 3.8) is 0 Å². The first-order valence-electron chi connectivity index (χ1n) is 12.3. The number of benzene rings is 2. The Hall–Kier alpha value is -3.79. The van der Waals surface area contributed by atoms with Crippen LogP contribution in [0.4, 0.5) is 17.1 Å². The van der Waals surface area contributed by atoms with E-state index in [0.29, 0.717) is 17.1 Å². The monoisotopic (exact) mass is 512 g/mol. The van der Waals surface area contributed by atoms with Crippen LogP contribution in [0.25, 0.3) is 10.9 Å². The fourth-order valence-electron chi connectivity index (χ4n) is 5.09. The van der Waals surface area contributed by atoms with Crippen molar-refractivity contribution in [1.82, 2.24) is 15.6 Å². The minimum atomic E-state index is -1.03. The average Bonchev–Trinajstić information content (AvgIpc) is 3.52. The van der Waals surface area contributed by atoms with E-state index in [2.05, 4.69) is 58.4 Å². The van der Waals surface area contributed by atoms with Crippen molar-refractivity contribution in [2.75, 3.05) is 16.0 Å². The molecule has 5 N–H and O–H groups in total. The molecule has 8 nitrogen and oxygen atoms in total. The van der Waals surface area contributed by atoms with Crippen LogP contribution in [0.1, 0.15) is 41.6 Å². The van der Waals surface area contributed by atoms with E-state index in [1.54, 1.807) is 6.20 Å². The summed E-state index contributed by atoms with van der Waals surface area (Å²) in [7, 11) is 0. The third kappa shape index (κ3) is 3.96. The molecule has 9 heteroatoms. The van der Waals surface area contributed by atoms with E-state index in [-0.39, 0.29) is 23.4 Å². The molecule has 6 rings (SSSR count). The Balaban J connectivity index is 1.22. The highest BCUT2D eigenvalue weighted by molar-refractivity contribution is 7.12. The number of nitrogens with one attached hydrogen (secondary N) is 5. The topological polar surface area (TPSA) is 107 Å². The molecule has 0 radical (unpaired) electrons. The summed E-state index contributed by atoms with van der Waals surface area (Å²) < 4.78 is 0. The Kier molecular flexibility index (Phi) is 5.52. The number of pyridine rings is 1. The summed E-state index contributed by atoms with van der Waals surface area (Å²) in [5.41, 5.74) is 3.65. The molecule has 4 aromatic rings. The standard InChI is InChI=1S/C28H28N6O2S/c1-16-27(2,3)34-28(33-16)20-14-18(8-9-22(20)32-26(28)36)31-25(35)24-23(11-13-37-24)30-15-17-10-12-29-21-7-5-4-6-19(17)21/h4-14,16,30,33-34H,15H2,1-3H3,(H,31,35)(H,32,36)/t16-,28?/m1/s1. The normalized spacial score (nSPS) is 21.7. The van der Waals surface area contributed by atoms with Crippen LogP contribution in [0.2, 0.25) is 0 Å². The van der Waals surface area contributed by atoms with Gasteiger partial charge in [-0.25, -0.2) is 0 Å². The minimum Gasteiger partial charge on any atom is -0.380 e. The van der Waals surface area contributed by atoms with E-state index < -0.39 is 5.66 Å². The van der Waals surface area contributed by atoms with Crippen molar-refractivity contribution in [3.8, 4) is 0 Å². The van der Waals surface area contributed by atoms with Crippen LogP contribution < -0.4 is 26.6 Å². The van der Waals surface area contributed by atoms with Gasteiger partial charge in [-0.05, 0) is 68.1 Å². The molecule has 0 bridgehead atoms. The SMILES string of the molecule is C[C@H]1NC2(NC1(C)C)C(=O)Nc1ccc(NC(=O)c3sccc3NCc3ccnc4ccccc34)cc12. The van der Waals surface area contributed by atoms with Gasteiger partial charge in [-0.15, -0.1) is 11.3 Å². The smallest absolute Gasteiger partial charge is 0.267 e. The molecular formula is C28H28N6O2S. The summed E-state index contributed by atoms with van der Waals surface area (Å²) in [6.07, 6.45) is 1.80. The lowest BCUT2D eigenvalue weighted by atomic mass is 9.98. The van der Waals surface area contributed by atoms with Crippen LogP contribution >= 0.6 is 11.3 Å². The number of carbonyl (C=O) groups is 2. The fraction of sp³-hybridized carbons (Fsp3) is 0.250. The molecule has 2 aromatic heterocycles. The van der Waals surface area contributed by atoms with Gasteiger partial charge in [0.25, 0.3) is 11.8 Å². The molecule has 4 heterocycles. The van der Waals surface area contributed by atoms with E-state index in [9.17, 15) is 9.59 Å². The number of amides is 2. The Morgan fingerprint density at radius 2 is 1.97 bits per heavy atom. The van der Waals surface area contributed by atoms with Gasteiger partial charge in [0.1, 0.15) is 4.88 Å². The first kappa shape index (κ1) is 23.6. The third-order valence-corrected chi connectivity index (χ3v) is 8.29. The molecule has 2 aromatic carbocycles. The number of rotatable bonds is 5. The number of thiophene rings is 1. The van der Waals surface area contributed by atoms with Crippen LogP contribution in [0.15, 0.2) is 66.2 Å². The molecular weight excluding hydrogens is 484 g/mol. The second-order valence-corrected chi connectivity index (χ2v) is 11.1. The van der Waals surface area contributed by atoms with Gasteiger partial charge in [-0.2, -0.15) is 0 Å². The lowest BCUT2D eigenvalue weighted by Gasteiger charge is -2.26. The first-order valence-corrected chi connectivity index (χ1v) is 13.1. The second kappa shape index (κ2) is 8.65. The molecule has 2 aliphatic rings. The Bertz CT molecular complexity index is 1540. The van der Waals surface area contributed by atoms with Gasteiger partial charge < -0.3 is 16.0 Å². The predicted octanol–water partition coefficient (Wildman–Crippen LogP) is 4.63. The van der Waals surface area contributed by atoms with Crippen molar-refractivity contribution < 1.29 is 9.59 Å². The van der Waals surface area contributed by atoms with Crippen molar-refractivity contribution in [3.05, 3.63) is 82.2 Å². The van der Waals surface area contributed by atoms with Crippen LogP contribution in [0.5, 0.6) is 0 Å². The van der Waals surface area contributed by atoms with E-state index in [4.69, 9.17) is 0 Å². The summed E-state index contributed by atoms with van der Waals surface area (Å²) in [5.74, 6) is -0.346. The summed E-state index contributed by atoms with van der Waals surface area (Å²) in [4.78, 5) is 31.3. The molecule has 1 saturated heterocycles. The number of hydrogen-bond donors (Lipinski definition) is 5. The minimum absolute atomic E-state index is 0.0692. The van der Waals surface area contributed by atoms with Crippen LogP contribution in [-0.2, 0) is 17.0 Å². The molecule has 37 heavy (non-hydrogen) atoms. The molecule has 2 amide bonds. The third-order valence-electron chi connectivity index (χ3n) is 7.38. The number of aromatic nitrogens is 1. The number of nitrogens with zero attached hydrogens (tertiary/aromatic N) is 1. The zero-order valence-electron chi connectivity index (χ0n) is 20.8. The first-order chi connectivity index (χ1) is 17.8. The zero-order chi connectivity index (χ0) is 25.8. The largest absolute Gasteiger partial charge is 0.380 e. The molecule has 1 fully saturated rings. The number of para-hydroxylation sites is 1. The highest BCUT2D eigenvalue weighted by atomic mass is 32.1. The Morgan fingerprint density at radius 3 is 2.78 bits per heavy atom. The summed E-state index contributed by atoms with van der Waals surface area (Å²) in [6, 6.07) is 17.5.